The molecule has 2 atom stereocenters. The Kier molecular flexibility index (Phi) is 4.88. The van der Waals surface area contributed by atoms with Crippen LogP contribution in [0.15, 0.2) is 34.5 Å². The summed E-state index contributed by atoms with van der Waals surface area (Å²) in [5.41, 5.74) is 2.75. The molecule has 1 saturated heterocycles. The van der Waals surface area contributed by atoms with Crippen molar-refractivity contribution in [2.24, 2.45) is 5.92 Å². The molecule has 0 saturated carbocycles. The van der Waals surface area contributed by atoms with Crippen molar-refractivity contribution in [3.8, 4) is 0 Å². The Bertz CT molecular complexity index is 1050. The van der Waals surface area contributed by atoms with E-state index in [4.69, 9.17) is 0 Å². The number of rotatable bonds is 2. The number of amides is 1. The predicted octanol–water partition coefficient (Wildman–Crippen LogP) is 3.21. The number of carbonyl (C=O) groups excluding carboxylic acids is 1. The van der Waals surface area contributed by atoms with Crippen molar-refractivity contribution >= 4 is 33.0 Å². The average Bonchev–Trinajstić information content (AvgIpc) is 3.17. The number of piperidine rings is 1. The lowest BCUT2D eigenvalue weighted by Gasteiger charge is -2.39. The average molecular weight is 432 g/mol. The molecule has 1 aromatic heterocycles. The van der Waals surface area contributed by atoms with Crippen molar-refractivity contribution in [1.82, 2.24) is 9.62 Å². The molecule has 8 heteroatoms. The zero-order chi connectivity index (χ0) is 20.0. The first-order valence-corrected chi connectivity index (χ1v) is 12.7. The lowest BCUT2D eigenvalue weighted by Crippen LogP contribution is -2.54. The summed E-state index contributed by atoms with van der Waals surface area (Å²) >= 11 is 1.71. The largest absolute Gasteiger partial charge is 0.368 e. The molecule has 2 N–H and O–H groups in total. The van der Waals surface area contributed by atoms with Gasteiger partial charge in [-0.25, -0.2) is 8.42 Å². The van der Waals surface area contributed by atoms with Crippen molar-refractivity contribution in [1.29, 1.82) is 0 Å². The minimum Gasteiger partial charge on any atom is -0.368 e. The van der Waals surface area contributed by atoms with Gasteiger partial charge in [0.05, 0.1) is 17.4 Å². The van der Waals surface area contributed by atoms with E-state index >= 15 is 0 Å². The summed E-state index contributed by atoms with van der Waals surface area (Å²) in [6.07, 6.45) is 5.81. The second-order valence-electron chi connectivity index (χ2n) is 8.15. The standard InChI is InChI=1S/C21H25N3O3S2/c25-21(16-13-28-18-9-3-1-7-15(16)18)24-11-5-6-14(12-24)20-22-17-8-2-4-10-19(17)29(26,27)23-20/h2,4,8,10,13-14,20,22-23H,1,3,5-7,9,11-12H2/t14-,20-/m1/s1. The Morgan fingerprint density at radius 2 is 1.97 bits per heavy atom. The minimum absolute atomic E-state index is 0.0327. The van der Waals surface area contributed by atoms with Gasteiger partial charge < -0.3 is 10.2 Å². The maximum Gasteiger partial charge on any atom is 0.254 e. The molecule has 0 radical (unpaired) electrons. The third-order valence-corrected chi connectivity index (χ3v) is 8.87. The third kappa shape index (κ3) is 3.47. The SMILES string of the molecule is O=C(c1csc2c1CCCC2)N1CCC[C@@H]([C@@H]2Nc3ccccc3S(=O)(=O)N2)C1. The molecule has 6 nitrogen and oxygen atoms in total. The molecule has 29 heavy (non-hydrogen) atoms. The topological polar surface area (TPSA) is 78.5 Å². The van der Waals surface area contributed by atoms with Gasteiger partial charge >= 0.3 is 0 Å². The number of hydrogen-bond acceptors (Lipinski definition) is 5. The molecule has 0 spiro atoms. The van der Waals surface area contributed by atoms with Crippen LogP contribution in [0.5, 0.6) is 0 Å². The monoisotopic (exact) mass is 431 g/mol. The van der Waals surface area contributed by atoms with Crippen molar-refractivity contribution in [2.75, 3.05) is 18.4 Å². The van der Waals surface area contributed by atoms with E-state index in [1.807, 2.05) is 16.3 Å². The highest BCUT2D eigenvalue weighted by molar-refractivity contribution is 7.89. The molecule has 1 aromatic carbocycles. The van der Waals surface area contributed by atoms with Gasteiger partial charge in [0.2, 0.25) is 10.0 Å². The molecule has 1 aliphatic carbocycles. The van der Waals surface area contributed by atoms with Gasteiger partial charge in [-0.05, 0) is 56.2 Å². The molecule has 3 heterocycles. The van der Waals surface area contributed by atoms with E-state index in [1.165, 1.54) is 16.9 Å². The fourth-order valence-corrected chi connectivity index (χ4v) is 7.28. The predicted molar refractivity (Wildman–Crippen MR) is 114 cm³/mol. The summed E-state index contributed by atoms with van der Waals surface area (Å²) in [7, 11) is -3.55. The lowest BCUT2D eigenvalue weighted by molar-refractivity contribution is 0.0658. The number of fused-ring (bicyclic) bond motifs is 2. The van der Waals surface area contributed by atoms with Gasteiger partial charge in [-0.3, -0.25) is 4.79 Å². The van der Waals surface area contributed by atoms with Crippen LogP contribution in [-0.2, 0) is 22.9 Å². The van der Waals surface area contributed by atoms with Crippen LogP contribution >= 0.6 is 11.3 Å². The second-order valence-corrected chi connectivity index (χ2v) is 10.8. The van der Waals surface area contributed by atoms with E-state index in [2.05, 4.69) is 10.0 Å². The molecule has 2 aromatic rings. The first kappa shape index (κ1) is 19.1. The summed E-state index contributed by atoms with van der Waals surface area (Å²) < 4.78 is 28.1. The number of benzene rings is 1. The Hall–Kier alpha value is -1.90. The van der Waals surface area contributed by atoms with Gasteiger partial charge in [0.1, 0.15) is 4.90 Å². The number of carbonyl (C=O) groups is 1. The van der Waals surface area contributed by atoms with Gasteiger partial charge in [0.15, 0.2) is 0 Å². The Labute approximate surface area is 175 Å². The molecule has 2 aliphatic heterocycles. The van der Waals surface area contributed by atoms with Crippen LogP contribution in [0.25, 0.3) is 0 Å². The van der Waals surface area contributed by atoms with Crippen molar-refractivity contribution in [3.63, 3.8) is 0 Å². The Morgan fingerprint density at radius 1 is 1.14 bits per heavy atom. The number of nitrogens with zero attached hydrogens (tertiary/aromatic N) is 1. The van der Waals surface area contributed by atoms with Crippen LogP contribution in [0.4, 0.5) is 5.69 Å². The molecule has 5 rings (SSSR count). The van der Waals surface area contributed by atoms with Crippen molar-refractivity contribution < 1.29 is 13.2 Å². The van der Waals surface area contributed by atoms with Crippen molar-refractivity contribution in [3.05, 3.63) is 45.6 Å². The van der Waals surface area contributed by atoms with Gasteiger partial charge in [0.25, 0.3) is 5.91 Å². The fraction of sp³-hybridized carbons (Fsp3) is 0.476. The molecular formula is C21H25N3O3S2. The molecule has 1 fully saturated rings. The summed E-state index contributed by atoms with van der Waals surface area (Å²) in [6, 6.07) is 6.96. The van der Waals surface area contributed by atoms with Crippen LogP contribution < -0.4 is 10.0 Å². The van der Waals surface area contributed by atoms with E-state index in [9.17, 15) is 13.2 Å². The van der Waals surface area contributed by atoms with Crippen LogP contribution in [0.2, 0.25) is 0 Å². The van der Waals surface area contributed by atoms with Crippen LogP contribution in [0, 0.1) is 5.92 Å². The van der Waals surface area contributed by atoms with Gasteiger partial charge in [-0.2, -0.15) is 4.72 Å². The molecule has 1 amide bonds. The highest BCUT2D eigenvalue weighted by Crippen LogP contribution is 2.33. The highest BCUT2D eigenvalue weighted by atomic mass is 32.2. The lowest BCUT2D eigenvalue weighted by atomic mass is 9.92. The number of sulfonamides is 1. The maximum atomic E-state index is 13.3. The second kappa shape index (κ2) is 7.41. The van der Waals surface area contributed by atoms with Crippen LogP contribution in [-0.4, -0.2) is 38.5 Å². The number of thiophene rings is 1. The number of hydrogen-bond donors (Lipinski definition) is 2. The normalized spacial score (nSPS) is 25.6. The van der Waals surface area contributed by atoms with Crippen molar-refractivity contribution in [2.45, 2.75) is 49.6 Å². The summed E-state index contributed by atoms with van der Waals surface area (Å²) in [5, 5.41) is 5.37. The third-order valence-electron chi connectivity index (χ3n) is 6.28. The number of aryl methyl sites for hydroxylation is 1. The van der Waals surface area contributed by atoms with Gasteiger partial charge in [-0.15, -0.1) is 11.3 Å². The smallest absolute Gasteiger partial charge is 0.254 e. The molecule has 0 unspecified atom stereocenters. The van der Waals surface area contributed by atoms with E-state index in [0.717, 1.165) is 44.2 Å². The number of nitrogens with one attached hydrogen (secondary N) is 2. The first-order chi connectivity index (χ1) is 14.0. The quantitative estimate of drug-likeness (QED) is 0.765. The molecule has 154 valence electrons. The Morgan fingerprint density at radius 3 is 2.86 bits per heavy atom. The highest BCUT2D eigenvalue weighted by Gasteiger charge is 2.37. The van der Waals surface area contributed by atoms with Gasteiger partial charge in [0, 0.05) is 29.3 Å². The van der Waals surface area contributed by atoms with E-state index in [1.54, 1.807) is 29.5 Å². The fourth-order valence-electron chi connectivity index (χ4n) is 4.77. The first-order valence-electron chi connectivity index (χ1n) is 10.3. The summed E-state index contributed by atoms with van der Waals surface area (Å²) in [4.78, 5) is 16.8. The molecule has 3 aliphatic rings. The Balaban J connectivity index is 1.35. The maximum absolute atomic E-state index is 13.3. The minimum atomic E-state index is -3.55. The van der Waals surface area contributed by atoms with E-state index in [-0.39, 0.29) is 16.7 Å². The molecule has 0 bridgehead atoms. The van der Waals surface area contributed by atoms with Crippen LogP contribution in [0.3, 0.4) is 0 Å². The molecular weight excluding hydrogens is 406 g/mol. The summed E-state index contributed by atoms with van der Waals surface area (Å²) in [5.74, 6) is 0.137. The van der Waals surface area contributed by atoms with E-state index < -0.39 is 16.2 Å². The van der Waals surface area contributed by atoms with Gasteiger partial charge in [-0.1, -0.05) is 12.1 Å². The number of likely N-dealkylation sites (tertiary alicyclic amines) is 1. The van der Waals surface area contributed by atoms with Crippen LogP contribution in [0.1, 0.15) is 46.5 Å². The number of anilines is 1. The van der Waals surface area contributed by atoms with E-state index in [0.29, 0.717) is 12.2 Å². The number of para-hydroxylation sites is 1. The summed E-state index contributed by atoms with van der Waals surface area (Å²) in [6.45, 7) is 1.29. The zero-order valence-corrected chi connectivity index (χ0v) is 17.8. The zero-order valence-electron chi connectivity index (χ0n) is 16.2.